The summed E-state index contributed by atoms with van der Waals surface area (Å²) in [5, 5.41) is 7.72. The molecule has 17 heavy (non-hydrogen) atoms. The van der Waals surface area contributed by atoms with Crippen LogP contribution in [0.5, 0.6) is 0 Å². The van der Waals surface area contributed by atoms with Gasteiger partial charge in [0.2, 0.25) is 0 Å². The Morgan fingerprint density at radius 3 is 2.94 bits per heavy atom. The molecule has 2 N–H and O–H groups in total. The first-order valence-electron chi connectivity index (χ1n) is 6.13. The van der Waals surface area contributed by atoms with Crippen molar-refractivity contribution >= 4 is 17.3 Å². The molecular formula is C12H20N4S. The van der Waals surface area contributed by atoms with Crippen LogP contribution in [0, 0.1) is 12.8 Å². The van der Waals surface area contributed by atoms with Gasteiger partial charge in [0, 0.05) is 24.7 Å². The Bertz CT molecular complexity index is 382. The molecule has 0 saturated heterocycles. The van der Waals surface area contributed by atoms with Crippen molar-refractivity contribution in [2.75, 3.05) is 13.6 Å². The fourth-order valence-electron chi connectivity index (χ4n) is 1.66. The Kier molecular flexibility index (Phi) is 4.36. The van der Waals surface area contributed by atoms with Crippen LogP contribution in [0.2, 0.25) is 0 Å². The third-order valence-electron chi connectivity index (χ3n) is 2.84. The maximum atomic E-state index is 4.31. The first kappa shape index (κ1) is 12.4. The quantitative estimate of drug-likeness (QED) is 0.622. The molecule has 1 aliphatic carbocycles. The Morgan fingerprint density at radius 1 is 1.53 bits per heavy atom. The minimum Gasteiger partial charge on any atom is -0.356 e. The fourth-order valence-corrected chi connectivity index (χ4v) is 2.39. The molecule has 1 aromatic rings. The van der Waals surface area contributed by atoms with Crippen LogP contribution < -0.4 is 10.6 Å². The van der Waals surface area contributed by atoms with E-state index in [4.69, 9.17) is 0 Å². The van der Waals surface area contributed by atoms with Crippen LogP contribution in [0.15, 0.2) is 11.2 Å². The second-order valence-electron chi connectivity index (χ2n) is 4.45. The molecular weight excluding hydrogens is 232 g/mol. The van der Waals surface area contributed by atoms with Crippen LogP contribution in [-0.2, 0) is 6.54 Å². The summed E-state index contributed by atoms with van der Waals surface area (Å²) < 4.78 is 0. The number of nitrogens with zero attached hydrogens (tertiary/aromatic N) is 2. The maximum Gasteiger partial charge on any atom is 0.191 e. The second kappa shape index (κ2) is 6.00. The van der Waals surface area contributed by atoms with Crippen molar-refractivity contribution in [2.24, 2.45) is 10.9 Å². The number of hydrogen-bond donors (Lipinski definition) is 2. The van der Waals surface area contributed by atoms with Gasteiger partial charge in [0.15, 0.2) is 5.96 Å². The van der Waals surface area contributed by atoms with Crippen LogP contribution in [0.1, 0.15) is 29.1 Å². The largest absolute Gasteiger partial charge is 0.356 e. The normalized spacial score (nSPS) is 16.0. The highest BCUT2D eigenvalue weighted by molar-refractivity contribution is 7.11. The molecule has 5 heteroatoms. The smallest absolute Gasteiger partial charge is 0.191 e. The molecule has 1 aromatic heterocycles. The van der Waals surface area contributed by atoms with Gasteiger partial charge in [-0.25, -0.2) is 4.98 Å². The lowest BCUT2D eigenvalue weighted by molar-refractivity contribution is 0.684. The summed E-state index contributed by atoms with van der Waals surface area (Å²) in [5.74, 6) is 1.83. The van der Waals surface area contributed by atoms with E-state index in [0.29, 0.717) is 0 Å². The molecule has 0 radical (unpaired) electrons. The van der Waals surface area contributed by atoms with Crippen LogP contribution in [0.3, 0.4) is 0 Å². The lowest BCUT2D eigenvalue weighted by atomic mass is 10.3. The number of aromatic nitrogens is 1. The van der Waals surface area contributed by atoms with Crippen molar-refractivity contribution in [3.8, 4) is 0 Å². The van der Waals surface area contributed by atoms with Gasteiger partial charge in [-0.05, 0) is 19.3 Å². The van der Waals surface area contributed by atoms with E-state index < -0.39 is 0 Å². The number of nitrogens with one attached hydrogen (secondary N) is 2. The van der Waals surface area contributed by atoms with Gasteiger partial charge in [-0.3, -0.25) is 4.99 Å². The van der Waals surface area contributed by atoms with Crippen molar-refractivity contribution in [1.82, 2.24) is 15.6 Å². The van der Waals surface area contributed by atoms with Gasteiger partial charge in [-0.15, -0.1) is 11.3 Å². The molecule has 1 saturated carbocycles. The number of aryl methyl sites for hydroxylation is 1. The lowest BCUT2D eigenvalue weighted by Crippen LogP contribution is -2.37. The first-order valence-corrected chi connectivity index (χ1v) is 6.95. The Morgan fingerprint density at radius 2 is 2.35 bits per heavy atom. The fraction of sp³-hybridized carbons (Fsp3) is 0.667. The van der Waals surface area contributed by atoms with Gasteiger partial charge >= 0.3 is 0 Å². The van der Waals surface area contributed by atoms with Crippen LogP contribution >= 0.6 is 11.3 Å². The van der Waals surface area contributed by atoms with Gasteiger partial charge < -0.3 is 10.6 Å². The molecule has 0 atom stereocenters. The molecule has 0 aliphatic heterocycles. The molecule has 2 rings (SSSR count). The number of hydrogen-bond acceptors (Lipinski definition) is 3. The molecule has 0 spiro atoms. The maximum absolute atomic E-state index is 4.31. The molecule has 0 bridgehead atoms. The zero-order valence-corrected chi connectivity index (χ0v) is 11.3. The summed E-state index contributed by atoms with van der Waals surface area (Å²) in [5.41, 5.74) is 0. The third kappa shape index (κ3) is 4.34. The topological polar surface area (TPSA) is 49.3 Å². The molecule has 0 amide bonds. The van der Waals surface area contributed by atoms with E-state index in [2.05, 4.69) is 27.5 Å². The average molecular weight is 252 g/mol. The van der Waals surface area contributed by atoms with Gasteiger partial charge in [0.25, 0.3) is 0 Å². The van der Waals surface area contributed by atoms with Crippen molar-refractivity contribution in [3.05, 3.63) is 16.1 Å². The summed E-state index contributed by atoms with van der Waals surface area (Å²) >= 11 is 1.72. The van der Waals surface area contributed by atoms with Gasteiger partial charge in [-0.1, -0.05) is 12.8 Å². The van der Waals surface area contributed by atoms with Crippen molar-refractivity contribution in [3.63, 3.8) is 0 Å². The number of aliphatic imine (C=N–C) groups is 1. The standard InChI is InChI=1S/C12H20N4S/c1-9-7-15-11(17-9)8-16-12(13-2)14-6-5-10-3-4-10/h7,10H,3-6,8H2,1-2H3,(H2,13,14,16). The monoisotopic (exact) mass is 252 g/mol. The highest BCUT2D eigenvalue weighted by Gasteiger charge is 2.20. The molecule has 1 heterocycles. The molecule has 0 aromatic carbocycles. The van der Waals surface area contributed by atoms with Crippen molar-refractivity contribution < 1.29 is 0 Å². The van der Waals surface area contributed by atoms with E-state index in [1.807, 2.05) is 6.20 Å². The first-order chi connectivity index (χ1) is 8.28. The highest BCUT2D eigenvalue weighted by atomic mass is 32.1. The second-order valence-corrected chi connectivity index (χ2v) is 5.77. The molecule has 4 nitrogen and oxygen atoms in total. The summed E-state index contributed by atoms with van der Waals surface area (Å²) in [6, 6.07) is 0. The van der Waals surface area contributed by atoms with E-state index in [1.165, 1.54) is 24.1 Å². The van der Waals surface area contributed by atoms with Gasteiger partial charge in [0.1, 0.15) is 5.01 Å². The Hall–Kier alpha value is -1.10. The molecule has 1 fully saturated rings. The van der Waals surface area contributed by atoms with Crippen LogP contribution in [0.25, 0.3) is 0 Å². The number of guanidine groups is 1. The van der Waals surface area contributed by atoms with E-state index in [-0.39, 0.29) is 0 Å². The zero-order chi connectivity index (χ0) is 12.1. The van der Waals surface area contributed by atoms with Gasteiger partial charge in [-0.2, -0.15) is 0 Å². The summed E-state index contributed by atoms with van der Waals surface area (Å²) in [6.45, 7) is 3.84. The average Bonchev–Trinajstić information content (AvgIpc) is 3.06. The predicted octanol–water partition coefficient (Wildman–Crippen LogP) is 1.92. The van der Waals surface area contributed by atoms with E-state index in [0.717, 1.165) is 30.0 Å². The van der Waals surface area contributed by atoms with E-state index >= 15 is 0 Å². The summed E-state index contributed by atoms with van der Waals surface area (Å²) in [7, 11) is 1.81. The Labute approximate surface area is 107 Å². The van der Waals surface area contributed by atoms with Gasteiger partial charge in [0.05, 0.1) is 6.54 Å². The lowest BCUT2D eigenvalue weighted by Gasteiger charge is -2.10. The van der Waals surface area contributed by atoms with Crippen molar-refractivity contribution in [1.29, 1.82) is 0 Å². The third-order valence-corrected chi connectivity index (χ3v) is 3.75. The minimum absolute atomic E-state index is 0.752. The predicted molar refractivity (Wildman–Crippen MR) is 72.4 cm³/mol. The van der Waals surface area contributed by atoms with Crippen molar-refractivity contribution in [2.45, 2.75) is 32.7 Å². The van der Waals surface area contributed by atoms with Crippen LogP contribution in [0.4, 0.5) is 0 Å². The molecule has 0 unspecified atom stereocenters. The van der Waals surface area contributed by atoms with E-state index in [9.17, 15) is 0 Å². The number of rotatable bonds is 5. The van der Waals surface area contributed by atoms with Crippen LogP contribution in [-0.4, -0.2) is 24.5 Å². The summed E-state index contributed by atoms with van der Waals surface area (Å²) in [6.07, 6.45) is 5.99. The van der Waals surface area contributed by atoms with E-state index in [1.54, 1.807) is 18.4 Å². The minimum atomic E-state index is 0.752. The SMILES string of the molecule is CN=C(NCCC1CC1)NCc1ncc(C)s1. The zero-order valence-electron chi connectivity index (χ0n) is 10.5. The summed E-state index contributed by atoms with van der Waals surface area (Å²) in [4.78, 5) is 9.76. The highest BCUT2D eigenvalue weighted by Crippen LogP contribution is 2.31. The molecule has 1 aliphatic rings. The Balaban J connectivity index is 1.67. The molecule has 94 valence electrons. The number of thiazole rings is 1.